The number of oxazole rings is 1. The van der Waals surface area contributed by atoms with E-state index in [-0.39, 0.29) is 5.82 Å². The minimum atomic E-state index is -0.303. The molecule has 0 unspecified atom stereocenters. The summed E-state index contributed by atoms with van der Waals surface area (Å²) < 4.78 is 18.5. The molecule has 5 nitrogen and oxygen atoms in total. The molecule has 2 aromatic carbocycles. The molecular weight excluding hydrogens is 283 g/mol. The number of halogens is 1. The van der Waals surface area contributed by atoms with Crippen LogP contribution in [0.4, 0.5) is 21.8 Å². The number of nitrogens with one attached hydrogen (secondary N) is 2. The van der Waals surface area contributed by atoms with Gasteiger partial charge in [-0.3, -0.25) is 0 Å². The molecule has 1 aromatic heterocycles. The molecule has 4 N–H and O–H groups in total. The zero-order valence-electron chi connectivity index (χ0n) is 11.5. The number of aromatic nitrogens is 1. The van der Waals surface area contributed by atoms with Crippen LogP contribution >= 0.6 is 0 Å². The average Bonchev–Trinajstić information content (AvgIpc) is 2.98. The summed E-state index contributed by atoms with van der Waals surface area (Å²) in [5.41, 5.74) is 8.32. The first-order chi connectivity index (χ1) is 10.7. The predicted molar refractivity (Wildman–Crippen MR) is 83.9 cm³/mol. The van der Waals surface area contributed by atoms with Crippen molar-refractivity contribution in [3.8, 4) is 11.3 Å². The van der Waals surface area contributed by atoms with E-state index in [0.29, 0.717) is 28.7 Å². The summed E-state index contributed by atoms with van der Waals surface area (Å²) in [5, 5.41) is 10.3. The van der Waals surface area contributed by atoms with E-state index in [0.717, 1.165) is 5.56 Å². The molecule has 0 radical (unpaired) electrons. The van der Waals surface area contributed by atoms with Gasteiger partial charge in [0, 0.05) is 28.7 Å². The maximum Gasteiger partial charge on any atom is 0.299 e. The molecule has 6 heteroatoms. The van der Waals surface area contributed by atoms with Gasteiger partial charge in [-0.2, -0.15) is 0 Å². The highest BCUT2D eigenvalue weighted by Gasteiger charge is 2.07. The lowest BCUT2D eigenvalue weighted by Gasteiger charge is -2.05. The van der Waals surface area contributed by atoms with E-state index in [9.17, 15) is 4.39 Å². The number of anilines is 3. The molecule has 22 heavy (non-hydrogen) atoms. The molecule has 110 valence electrons. The number of rotatable bonds is 4. The van der Waals surface area contributed by atoms with Crippen LogP contribution in [-0.4, -0.2) is 11.2 Å². The van der Waals surface area contributed by atoms with E-state index in [1.807, 2.05) is 0 Å². The Labute approximate surface area is 126 Å². The molecule has 0 spiro atoms. The molecule has 0 aliphatic rings. The van der Waals surface area contributed by atoms with Crippen LogP contribution in [0.3, 0.4) is 0 Å². The van der Waals surface area contributed by atoms with Crippen LogP contribution in [-0.2, 0) is 0 Å². The minimum Gasteiger partial charge on any atom is -0.423 e. The van der Waals surface area contributed by atoms with E-state index >= 15 is 0 Å². The summed E-state index contributed by atoms with van der Waals surface area (Å²) in [6.45, 7) is 0. The van der Waals surface area contributed by atoms with Crippen molar-refractivity contribution in [1.82, 2.24) is 4.98 Å². The Morgan fingerprint density at radius 2 is 1.95 bits per heavy atom. The zero-order chi connectivity index (χ0) is 15.5. The average molecular weight is 296 g/mol. The Bertz CT molecular complexity index is 811. The summed E-state index contributed by atoms with van der Waals surface area (Å²) >= 11 is 0. The van der Waals surface area contributed by atoms with Gasteiger partial charge in [-0.15, -0.1) is 0 Å². The van der Waals surface area contributed by atoms with E-state index in [1.165, 1.54) is 18.3 Å². The van der Waals surface area contributed by atoms with E-state index in [2.05, 4.69) is 10.3 Å². The lowest BCUT2D eigenvalue weighted by molar-refractivity contribution is 0.591. The first-order valence-electron chi connectivity index (χ1n) is 6.54. The number of nitrogens with two attached hydrogens (primary N) is 1. The van der Waals surface area contributed by atoms with Crippen LogP contribution < -0.4 is 11.1 Å². The fraction of sp³-hybridized carbons (Fsp3) is 0. The van der Waals surface area contributed by atoms with Crippen LogP contribution in [0.15, 0.2) is 53.1 Å². The van der Waals surface area contributed by atoms with Crippen LogP contribution in [0.5, 0.6) is 0 Å². The number of hydrogen-bond acceptors (Lipinski definition) is 5. The van der Waals surface area contributed by atoms with Crippen molar-refractivity contribution in [2.75, 3.05) is 11.1 Å². The van der Waals surface area contributed by atoms with Gasteiger partial charge in [-0.1, -0.05) is 0 Å². The third-order valence-electron chi connectivity index (χ3n) is 3.13. The number of nitrogen functional groups attached to an aromatic ring is 1. The van der Waals surface area contributed by atoms with Crippen molar-refractivity contribution in [1.29, 1.82) is 5.41 Å². The first-order valence-corrected chi connectivity index (χ1v) is 6.54. The van der Waals surface area contributed by atoms with E-state index in [1.54, 1.807) is 36.5 Å². The Morgan fingerprint density at radius 3 is 2.68 bits per heavy atom. The van der Waals surface area contributed by atoms with Crippen LogP contribution in [0.1, 0.15) is 5.56 Å². The minimum absolute atomic E-state index is 0.303. The lowest BCUT2D eigenvalue weighted by atomic mass is 10.2. The third-order valence-corrected chi connectivity index (χ3v) is 3.13. The molecule has 3 rings (SSSR count). The van der Waals surface area contributed by atoms with E-state index < -0.39 is 0 Å². The van der Waals surface area contributed by atoms with Gasteiger partial charge in [0.15, 0.2) is 5.76 Å². The second kappa shape index (κ2) is 5.69. The molecule has 0 amide bonds. The molecule has 0 aliphatic heterocycles. The SMILES string of the molecule is N=Cc1cc(Nc2ncc(-c3ccc(F)cc3)o2)ccc1N. The quantitative estimate of drug-likeness (QED) is 0.504. The Morgan fingerprint density at radius 1 is 1.18 bits per heavy atom. The maximum atomic E-state index is 12.9. The summed E-state index contributed by atoms with van der Waals surface area (Å²) in [6.07, 6.45) is 2.74. The van der Waals surface area contributed by atoms with Crippen molar-refractivity contribution in [3.05, 3.63) is 60.0 Å². The van der Waals surface area contributed by atoms with Crippen LogP contribution in [0.25, 0.3) is 11.3 Å². The topological polar surface area (TPSA) is 87.9 Å². The van der Waals surface area contributed by atoms with Crippen molar-refractivity contribution in [2.45, 2.75) is 0 Å². The van der Waals surface area contributed by atoms with Gasteiger partial charge < -0.3 is 20.9 Å². The number of hydrogen-bond donors (Lipinski definition) is 3. The number of nitrogens with zero attached hydrogens (tertiary/aromatic N) is 1. The lowest BCUT2D eigenvalue weighted by Crippen LogP contribution is -1.96. The van der Waals surface area contributed by atoms with Crippen molar-refractivity contribution in [3.63, 3.8) is 0 Å². The summed E-state index contributed by atoms with van der Waals surface area (Å²) in [5.74, 6) is 0.230. The molecule has 1 heterocycles. The Kier molecular flexibility index (Phi) is 3.57. The molecule has 0 bridgehead atoms. The Balaban J connectivity index is 1.82. The van der Waals surface area contributed by atoms with Crippen molar-refractivity contribution < 1.29 is 8.81 Å². The fourth-order valence-electron chi connectivity index (χ4n) is 1.98. The van der Waals surface area contributed by atoms with Gasteiger partial charge in [0.05, 0.1) is 6.20 Å². The highest BCUT2D eigenvalue weighted by molar-refractivity contribution is 5.87. The van der Waals surface area contributed by atoms with Gasteiger partial charge in [0.2, 0.25) is 0 Å². The van der Waals surface area contributed by atoms with Gasteiger partial charge in [-0.05, 0) is 42.5 Å². The van der Waals surface area contributed by atoms with Crippen LogP contribution in [0, 0.1) is 11.2 Å². The van der Waals surface area contributed by atoms with Gasteiger partial charge in [0.1, 0.15) is 5.82 Å². The predicted octanol–water partition coefficient (Wildman–Crippen LogP) is 3.80. The second-order valence-corrected chi connectivity index (χ2v) is 4.65. The van der Waals surface area contributed by atoms with Gasteiger partial charge in [-0.25, -0.2) is 9.37 Å². The third kappa shape index (κ3) is 2.80. The summed E-state index contributed by atoms with van der Waals surface area (Å²) in [6, 6.07) is 11.5. The van der Waals surface area contributed by atoms with Crippen LogP contribution in [0.2, 0.25) is 0 Å². The highest BCUT2D eigenvalue weighted by atomic mass is 19.1. The highest BCUT2D eigenvalue weighted by Crippen LogP contribution is 2.25. The fourth-order valence-corrected chi connectivity index (χ4v) is 1.98. The molecule has 0 fully saturated rings. The molecule has 0 saturated carbocycles. The monoisotopic (exact) mass is 296 g/mol. The summed E-state index contributed by atoms with van der Waals surface area (Å²) in [7, 11) is 0. The van der Waals surface area contributed by atoms with Crippen molar-refractivity contribution in [2.24, 2.45) is 0 Å². The first kappa shape index (κ1) is 13.8. The maximum absolute atomic E-state index is 12.9. The second-order valence-electron chi connectivity index (χ2n) is 4.65. The summed E-state index contributed by atoms with van der Waals surface area (Å²) in [4.78, 5) is 4.13. The molecule has 0 atom stereocenters. The molecule has 0 saturated heterocycles. The number of benzene rings is 2. The molecule has 0 aliphatic carbocycles. The van der Waals surface area contributed by atoms with Gasteiger partial charge in [0.25, 0.3) is 6.01 Å². The molecule has 3 aromatic rings. The largest absolute Gasteiger partial charge is 0.423 e. The molecular formula is C16H13FN4O. The normalized spacial score (nSPS) is 10.4. The Hall–Kier alpha value is -3.15. The zero-order valence-corrected chi connectivity index (χ0v) is 11.5. The van der Waals surface area contributed by atoms with Crippen molar-refractivity contribution >= 4 is 23.6 Å². The van der Waals surface area contributed by atoms with E-state index in [4.69, 9.17) is 15.6 Å². The standard InChI is InChI=1S/C16H13FN4O/c17-12-3-1-10(2-4-12)15-9-20-16(22-15)21-13-5-6-14(19)11(7-13)8-18/h1-9,18H,19H2,(H,20,21). The van der Waals surface area contributed by atoms with Gasteiger partial charge >= 0.3 is 0 Å². The smallest absolute Gasteiger partial charge is 0.299 e.